The zero-order valence-electron chi connectivity index (χ0n) is 7.87. The summed E-state index contributed by atoms with van der Waals surface area (Å²) in [4.78, 5) is 10.9. The fraction of sp³-hybridized carbons (Fsp3) is 0.300. The van der Waals surface area contributed by atoms with Crippen molar-refractivity contribution in [2.45, 2.75) is 13.0 Å². The molecule has 1 heterocycles. The Hall–Kier alpha value is -1.71. The average Bonchev–Trinajstić information content (AvgIpc) is 2.16. The second-order valence-electron chi connectivity index (χ2n) is 3.46. The van der Waals surface area contributed by atoms with Crippen LogP contribution in [0.15, 0.2) is 18.2 Å². The normalized spacial score (nSPS) is 19.1. The largest absolute Gasteiger partial charge is 0.478 e. The summed E-state index contributed by atoms with van der Waals surface area (Å²) in [6.07, 6.45) is 0. The van der Waals surface area contributed by atoms with Crippen molar-refractivity contribution in [1.29, 1.82) is 0 Å². The minimum Gasteiger partial charge on any atom is -0.478 e. The van der Waals surface area contributed by atoms with Crippen LogP contribution in [0.4, 0.5) is 11.4 Å². The van der Waals surface area contributed by atoms with Gasteiger partial charge in [0.25, 0.3) is 0 Å². The number of carboxylic acid groups (broad SMARTS) is 1. The van der Waals surface area contributed by atoms with Gasteiger partial charge in [-0.3, -0.25) is 0 Å². The van der Waals surface area contributed by atoms with E-state index in [1.54, 1.807) is 12.1 Å². The lowest BCUT2D eigenvalue weighted by Crippen LogP contribution is -2.31. The quantitative estimate of drug-likeness (QED) is 0.632. The number of fused-ring (bicyclic) bond motifs is 1. The average molecular weight is 192 g/mol. The third-order valence-corrected chi connectivity index (χ3v) is 2.28. The third kappa shape index (κ3) is 1.39. The third-order valence-electron chi connectivity index (χ3n) is 2.28. The number of carbonyl (C=O) groups is 1. The van der Waals surface area contributed by atoms with E-state index in [0.717, 1.165) is 12.2 Å². The van der Waals surface area contributed by atoms with Crippen LogP contribution in [0.3, 0.4) is 0 Å². The number of hydrogen-bond donors (Lipinski definition) is 3. The van der Waals surface area contributed by atoms with E-state index in [0.29, 0.717) is 11.3 Å². The van der Waals surface area contributed by atoms with E-state index >= 15 is 0 Å². The zero-order valence-corrected chi connectivity index (χ0v) is 7.87. The van der Waals surface area contributed by atoms with Crippen LogP contribution in [0.1, 0.15) is 17.3 Å². The number of hydrogen-bond acceptors (Lipinski definition) is 3. The van der Waals surface area contributed by atoms with Gasteiger partial charge in [-0.1, -0.05) is 6.07 Å². The number of rotatable bonds is 1. The lowest BCUT2D eigenvalue weighted by atomic mass is 10.1. The van der Waals surface area contributed by atoms with Gasteiger partial charge in [0.15, 0.2) is 0 Å². The maximum absolute atomic E-state index is 10.9. The molecule has 0 spiro atoms. The van der Waals surface area contributed by atoms with E-state index < -0.39 is 5.97 Å². The highest BCUT2D eigenvalue weighted by Crippen LogP contribution is 2.29. The Morgan fingerprint density at radius 2 is 2.36 bits per heavy atom. The molecule has 1 aromatic rings. The number of para-hydroxylation sites is 1. The van der Waals surface area contributed by atoms with Crippen LogP contribution in [0.5, 0.6) is 0 Å². The van der Waals surface area contributed by atoms with Gasteiger partial charge in [-0.25, -0.2) is 4.79 Å². The van der Waals surface area contributed by atoms with Crippen LogP contribution in [-0.2, 0) is 0 Å². The van der Waals surface area contributed by atoms with E-state index in [1.165, 1.54) is 0 Å². The Morgan fingerprint density at radius 1 is 1.57 bits per heavy atom. The van der Waals surface area contributed by atoms with Crippen molar-refractivity contribution >= 4 is 17.3 Å². The molecule has 0 bridgehead atoms. The van der Waals surface area contributed by atoms with Gasteiger partial charge >= 0.3 is 5.97 Å². The molecule has 1 atom stereocenters. The summed E-state index contributed by atoms with van der Waals surface area (Å²) >= 11 is 0. The maximum atomic E-state index is 10.9. The summed E-state index contributed by atoms with van der Waals surface area (Å²) in [6, 6.07) is 5.48. The second kappa shape index (κ2) is 3.21. The van der Waals surface area contributed by atoms with E-state index in [4.69, 9.17) is 5.11 Å². The minimum atomic E-state index is -0.898. The van der Waals surface area contributed by atoms with Crippen molar-refractivity contribution in [3.05, 3.63) is 23.8 Å². The molecule has 1 aromatic carbocycles. The molecule has 3 N–H and O–H groups in total. The summed E-state index contributed by atoms with van der Waals surface area (Å²) < 4.78 is 0. The predicted octanol–water partition coefficient (Wildman–Crippen LogP) is 1.61. The first-order valence-corrected chi connectivity index (χ1v) is 4.55. The summed E-state index contributed by atoms with van der Waals surface area (Å²) in [6.45, 7) is 2.82. The monoisotopic (exact) mass is 192 g/mol. The van der Waals surface area contributed by atoms with Gasteiger partial charge in [-0.2, -0.15) is 0 Å². The molecular weight excluding hydrogens is 180 g/mol. The Kier molecular flexibility index (Phi) is 2.04. The van der Waals surface area contributed by atoms with E-state index in [-0.39, 0.29) is 6.04 Å². The van der Waals surface area contributed by atoms with E-state index in [2.05, 4.69) is 10.6 Å². The first-order valence-electron chi connectivity index (χ1n) is 4.55. The Morgan fingerprint density at radius 3 is 3.07 bits per heavy atom. The standard InChI is InChI=1S/C10H12N2O2/c1-6-5-11-8-4-2-3-7(10(13)14)9(8)12-6/h2-4,6,11-12H,5H2,1H3,(H,13,14)/t6-/m1/s1. The smallest absolute Gasteiger partial charge is 0.337 e. The molecule has 14 heavy (non-hydrogen) atoms. The van der Waals surface area contributed by atoms with Gasteiger partial charge < -0.3 is 15.7 Å². The van der Waals surface area contributed by atoms with Gasteiger partial charge in [0.1, 0.15) is 0 Å². The predicted molar refractivity (Wildman–Crippen MR) is 55.0 cm³/mol. The minimum absolute atomic E-state index is 0.253. The van der Waals surface area contributed by atoms with Gasteiger partial charge in [-0.15, -0.1) is 0 Å². The maximum Gasteiger partial charge on any atom is 0.337 e. The summed E-state index contributed by atoms with van der Waals surface area (Å²) in [5.74, 6) is -0.898. The molecule has 0 fully saturated rings. The molecule has 1 aliphatic rings. The van der Waals surface area contributed by atoms with Crippen molar-refractivity contribution in [3.8, 4) is 0 Å². The number of benzene rings is 1. The van der Waals surface area contributed by atoms with Crippen LogP contribution in [0, 0.1) is 0 Å². The lowest BCUT2D eigenvalue weighted by molar-refractivity contribution is 0.0698. The molecule has 2 rings (SSSR count). The topological polar surface area (TPSA) is 61.4 Å². The van der Waals surface area contributed by atoms with Crippen molar-refractivity contribution < 1.29 is 9.90 Å². The Bertz CT molecular complexity index is 376. The fourth-order valence-electron chi connectivity index (χ4n) is 1.59. The molecule has 0 saturated carbocycles. The van der Waals surface area contributed by atoms with Crippen molar-refractivity contribution in [2.24, 2.45) is 0 Å². The lowest BCUT2D eigenvalue weighted by Gasteiger charge is -2.26. The molecule has 0 radical (unpaired) electrons. The van der Waals surface area contributed by atoms with Gasteiger partial charge in [0.05, 0.1) is 16.9 Å². The van der Waals surface area contributed by atoms with Crippen LogP contribution < -0.4 is 10.6 Å². The number of aromatic carboxylic acids is 1. The van der Waals surface area contributed by atoms with Gasteiger partial charge in [0, 0.05) is 12.6 Å². The number of nitrogens with one attached hydrogen (secondary N) is 2. The van der Waals surface area contributed by atoms with Gasteiger partial charge in [-0.05, 0) is 19.1 Å². The number of carboxylic acids is 1. The van der Waals surface area contributed by atoms with Crippen molar-refractivity contribution in [3.63, 3.8) is 0 Å². The number of anilines is 2. The van der Waals surface area contributed by atoms with Crippen LogP contribution in [0.2, 0.25) is 0 Å². The molecule has 1 aliphatic heterocycles. The molecular formula is C10H12N2O2. The molecule has 74 valence electrons. The van der Waals surface area contributed by atoms with Crippen molar-refractivity contribution in [1.82, 2.24) is 0 Å². The van der Waals surface area contributed by atoms with Crippen molar-refractivity contribution in [2.75, 3.05) is 17.2 Å². The molecule has 0 amide bonds. The highest BCUT2D eigenvalue weighted by Gasteiger charge is 2.19. The van der Waals surface area contributed by atoms with Gasteiger partial charge in [0.2, 0.25) is 0 Å². The summed E-state index contributed by atoms with van der Waals surface area (Å²) in [5, 5.41) is 15.3. The zero-order chi connectivity index (χ0) is 10.1. The highest BCUT2D eigenvalue weighted by atomic mass is 16.4. The van der Waals surface area contributed by atoms with Crippen LogP contribution >= 0.6 is 0 Å². The fourth-order valence-corrected chi connectivity index (χ4v) is 1.59. The van der Waals surface area contributed by atoms with Crippen LogP contribution in [-0.4, -0.2) is 23.7 Å². The van der Waals surface area contributed by atoms with E-state index in [1.807, 2.05) is 13.0 Å². The highest BCUT2D eigenvalue weighted by molar-refractivity contribution is 5.98. The first-order chi connectivity index (χ1) is 6.68. The first kappa shape index (κ1) is 8.87. The SMILES string of the molecule is C[C@@H]1CNc2cccc(C(=O)O)c2N1. The molecule has 0 unspecified atom stereocenters. The Labute approximate surface area is 81.9 Å². The van der Waals surface area contributed by atoms with E-state index in [9.17, 15) is 4.79 Å². The molecule has 0 aliphatic carbocycles. The second-order valence-corrected chi connectivity index (χ2v) is 3.46. The molecule has 4 heteroatoms. The summed E-state index contributed by atoms with van der Waals surface area (Å²) in [5.41, 5.74) is 1.88. The molecule has 4 nitrogen and oxygen atoms in total. The Balaban J connectivity index is 2.48. The molecule has 0 aromatic heterocycles. The molecule has 0 saturated heterocycles. The van der Waals surface area contributed by atoms with Crippen LogP contribution in [0.25, 0.3) is 0 Å². The summed E-state index contributed by atoms with van der Waals surface area (Å²) in [7, 11) is 0.